The van der Waals surface area contributed by atoms with Gasteiger partial charge in [-0.3, -0.25) is 14.5 Å². The SMILES string of the molecule is COCCNC(=O)c1cccc2c1CN(Cc1ccccc1)CC(=O)NCCCCCO2. The van der Waals surface area contributed by atoms with E-state index in [4.69, 9.17) is 9.47 Å². The van der Waals surface area contributed by atoms with Crippen LogP contribution in [0.4, 0.5) is 0 Å². The van der Waals surface area contributed by atoms with E-state index in [0.717, 1.165) is 30.4 Å². The van der Waals surface area contributed by atoms with Crippen LogP contribution >= 0.6 is 0 Å². The maximum atomic E-state index is 12.9. The van der Waals surface area contributed by atoms with Gasteiger partial charge in [0.1, 0.15) is 5.75 Å². The van der Waals surface area contributed by atoms with Gasteiger partial charge < -0.3 is 20.1 Å². The van der Waals surface area contributed by atoms with E-state index < -0.39 is 0 Å². The Labute approximate surface area is 190 Å². The maximum absolute atomic E-state index is 12.9. The molecule has 1 heterocycles. The van der Waals surface area contributed by atoms with Crippen LogP contribution in [0.2, 0.25) is 0 Å². The molecule has 172 valence electrons. The zero-order chi connectivity index (χ0) is 22.6. The Morgan fingerprint density at radius 1 is 1.09 bits per heavy atom. The lowest BCUT2D eigenvalue weighted by Crippen LogP contribution is -2.37. The second-order valence-corrected chi connectivity index (χ2v) is 7.92. The van der Waals surface area contributed by atoms with Crippen LogP contribution in [0.5, 0.6) is 5.75 Å². The molecule has 0 saturated heterocycles. The van der Waals surface area contributed by atoms with Gasteiger partial charge in [0, 0.05) is 44.4 Å². The highest BCUT2D eigenvalue weighted by Gasteiger charge is 2.21. The van der Waals surface area contributed by atoms with Gasteiger partial charge in [-0.2, -0.15) is 0 Å². The number of benzene rings is 2. The first-order valence-corrected chi connectivity index (χ1v) is 11.2. The van der Waals surface area contributed by atoms with E-state index in [1.165, 1.54) is 0 Å². The average molecular weight is 440 g/mol. The zero-order valence-corrected chi connectivity index (χ0v) is 18.8. The minimum Gasteiger partial charge on any atom is -0.493 e. The molecule has 32 heavy (non-hydrogen) atoms. The molecule has 1 aliphatic rings. The number of hydrogen-bond acceptors (Lipinski definition) is 5. The normalized spacial score (nSPS) is 15.8. The number of hydrogen-bond donors (Lipinski definition) is 2. The minimum absolute atomic E-state index is 0.00956. The third-order valence-corrected chi connectivity index (χ3v) is 5.37. The quantitative estimate of drug-likeness (QED) is 0.677. The van der Waals surface area contributed by atoms with Crippen LogP contribution in [-0.4, -0.2) is 56.7 Å². The third-order valence-electron chi connectivity index (χ3n) is 5.37. The number of nitrogens with one attached hydrogen (secondary N) is 2. The topological polar surface area (TPSA) is 79.9 Å². The molecule has 2 aromatic carbocycles. The van der Waals surface area contributed by atoms with Crippen molar-refractivity contribution in [3.63, 3.8) is 0 Å². The number of methoxy groups -OCH3 is 1. The molecule has 0 spiro atoms. The second-order valence-electron chi connectivity index (χ2n) is 7.92. The summed E-state index contributed by atoms with van der Waals surface area (Å²) in [5, 5.41) is 5.92. The van der Waals surface area contributed by atoms with Gasteiger partial charge in [-0.15, -0.1) is 0 Å². The predicted octanol–water partition coefficient (Wildman–Crippen LogP) is 2.74. The van der Waals surface area contributed by atoms with Crippen molar-refractivity contribution in [1.29, 1.82) is 0 Å². The lowest BCUT2D eigenvalue weighted by Gasteiger charge is -2.24. The molecule has 2 N–H and O–H groups in total. The summed E-state index contributed by atoms with van der Waals surface area (Å²) in [5.41, 5.74) is 2.46. The van der Waals surface area contributed by atoms with Crippen molar-refractivity contribution in [2.45, 2.75) is 32.4 Å². The van der Waals surface area contributed by atoms with E-state index in [1.54, 1.807) is 7.11 Å². The molecule has 0 unspecified atom stereocenters. The van der Waals surface area contributed by atoms with Crippen LogP contribution in [0.25, 0.3) is 0 Å². The molecule has 2 amide bonds. The first-order chi connectivity index (χ1) is 15.7. The van der Waals surface area contributed by atoms with E-state index in [-0.39, 0.29) is 18.4 Å². The fraction of sp³-hybridized carbons (Fsp3) is 0.440. The summed E-state index contributed by atoms with van der Waals surface area (Å²) < 4.78 is 11.2. The molecule has 0 fully saturated rings. The summed E-state index contributed by atoms with van der Waals surface area (Å²) in [6.45, 7) is 3.37. The van der Waals surface area contributed by atoms with Gasteiger partial charge in [0.2, 0.25) is 5.91 Å². The smallest absolute Gasteiger partial charge is 0.251 e. The molecule has 0 saturated carbocycles. The largest absolute Gasteiger partial charge is 0.493 e. The molecule has 7 nitrogen and oxygen atoms in total. The van der Waals surface area contributed by atoms with E-state index in [0.29, 0.717) is 50.7 Å². The molecular formula is C25H33N3O4. The Hall–Kier alpha value is -2.90. The minimum atomic E-state index is -0.170. The van der Waals surface area contributed by atoms with Gasteiger partial charge in [-0.05, 0) is 37.0 Å². The van der Waals surface area contributed by atoms with Crippen molar-refractivity contribution in [2.75, 3.05) is 40.0 Å². The van der Waals surface area contributed by atoms with Crippen molar-refractivity contribution in [3.05, 3.63) is 65.2 Å². The van der Waals surface area contributed by atoms with E-state index >= 15 is 0 Å². The number of fused-ring (bicyclic) bond motifs is 1. The van der Waals surface area contributed by atoms with Crippen LogP contribution in [-0.2, 0) is 22.6 Å². The fourth-order valence-electron chi connectivity index (χ4n) is 3.74. The molecule has 2 aromatic rings. The highest BCUT2D eigenvalue weighted by Crippen LogP contribution is 2.26. The van der Waals surface area contributed by atoms with Gasteiger partial charge in [-0.25, -0.2) is 0 Å². The zero-order valence-electron chi connectivity index (χ0n) is 18.8. The molecule has 0 aliphatic carbocycles. The number of amides is 2. The first-order valence-electron chi connectivity index (χ1n) is 11.2. The summed E-state index contributed by atoms with van der Waals surface area (Å²) in [6, 6.07) is 15.6. The van der Waals surface area contributed by atoms with E-state index in [2.05, 4.69) is 15.5 Å². The molecule has 0 radical (unpaired) electrons. The van der Waals surface area contributed by atoms with Crippen LogP contribution < -0.4 is 15.4 Å². The molecular weight excluding hydrogens is 406 g/mol. The second kappa shape index (κ2) is 12.8. The van der Waals surface area contributed by atoms with Crippen LogP contribution in [0.15, 0.2) is 48.5 Å². The van der Waals surface area contributed by atoms with Crippen molar-refractivity contribution in [1.82, 2.24) is 15.5 Å². The Morgan fingerprint density at radius 3 is 2.75 bits per heavy atom. The van der Waals surface area contributed by atoms with Gasteiger partial charge in [-0.1, -0.05) is 36.4 Å². The number of rotatable bonds is 6. The summed E-state index contributed by atoms with van der Waals surface area (Å²) in [5.74, 6) is 0.516. The number of nitrogens with zero attached hydrogens (tertiary/aromatic N) is 1. The Morgan fingerprint density at radius 2 is 1.94 bits per heavy atom. The summed E-state index contributed by atoms with van der Waals surface area (Å²) in [6.07, 6.45) is 2.79. The predicted molar refractivity (Wildman–Crippen MR) is 124 cm³/mol. The summed E-state index contributed by atoms with van der Waals surface area (Å²) >= 11 is 0. The Bertz CT molecular complexity index is 873. The van der Waals surface area contributed by atoms with Gasteiger partial charge in [0.25, 0.3) is 5.91 Å². The van der Waals surface area contributed by atoms with Gasteiger partial charge in [0.15, 0.2) is 0 Å². The Kier molecular flexibility index (Phi) is 9.53. The van der Waals surface area contributed by atoms with Crippen LogP contribution in [0.1, 0.15) is 40.7 Å². The van der Waals surface area contributed by atoms with Gasteiger partial charge >= 0.3 is 0 Å². The van der Waals surface area contributed by atoms with Crippen molar-refractivity contribution < 1.29 is 19.1 Å². The lowest BCUT2D eigenvalue weighted by atomic mass is 10.0. The highest BCUT2D eigenvalue weighted by atomic mass is 16.5. The van der Waals surface area contributed by atoms with E-state index in [1.807, 2.05) is 48.5 Å². The number of carbonyl (C=O) groups is 2. The summed E-state index contributed by atoms with van der Waals surface area (Å²) in [7, 11) is 1.60. The molecule has 0 bridgehead atoms. The number of ether oxygens (including phenoxy) is 2. The van der Waals surface area contributed by atoms with E-state index in [9.17, 15) is 9.59 Å². The molecule has 1 aliphatic heterocycles. The first kappa shape index (κ1) is 23.8. The maximum Gasteiger partial charge on any atom is 0.251 e. The fourth-order valence-corrected chi connectivity index (χ4v) is 3.74. The number of carbonyl (C=O) groups excluding carboxylic acids is 2. The van der Waals surface area contributed by atoms with Crippen molar-refractivity contribution in [3.8, 4) is 5.75 Å². The average Bonchev–Trinajstić information content (AvgIpc) is 2.81. The summed E-state index contributed by atoms with van der Waals surface area (Å²) in [4.78, 5) is 27.6. The monoisotopic (exact) mass is 439 g/mol. The highest BCUT2D eigenvalue weighted by molar-refractivity contribution is 5.96. The molecule has 0 atom stereocenters. The molecule has 7 heteroatoms. The molecule has 0 aromatic heterocycles. The van der Waals surface area contributed by atoms with Gasteiger partial charge in [0.05, 0.1) is 19.8 Å². The third kappa shape index (κ3) is 7.35. The standard InChI is InChI=1S/C25H33N3O4/c1-31-16-14-27-25(30)21-11-8-12-23-22(21)18-28(17-20-9-4-2-5-10-20)19-24(29)26-13-6-3-7-15-32-23/h2,4-5,8-12H,3,6-7,13-19H2,1H3,(H,26,29)(H,27,30). The lowest BCUT2D eigenvalue weighted by molar-refractivity contribution is -0.122. The van der Waals surface area contributed by atoms with Crippen LogP contribution in [0, 0.1) is 0 Å². The van der Waals surface area contributed by atoms with Crippen molar-refractivity contribution >= 4 is 11.8 Å². The Balaban J connectivity index is 1.91. The molecule has 3 rings (SSSR count). The van der Waals surface area contributed by atoms with Crippen molar-refractivity contribution in [2.24, 2.45) is 0 Å². The van der Waals surface area contributed by atoms with Crippen LogP contribution in [0.3, 0.4) is 0 Å².